The van der Waals surface area contributed by atoms with Crippen LogP contribution in [-0.2, 0) is 17.6 Å². The Balaban J connectivity index is 1.58. The summed E-state index contributed by atoms with van der Waals surface area (Å²) in [6.45, 7) is 0.787. The van der Waals surface area contributed by atoms with Crippen molar-refractivity contribution >= 4 is 17.7 Å². The Bertz CT molecular complexity index is 1250. The number of hydrogen-bond acceptors (Lipinski definition) is 5. The fourth-order valence-electron chi connectivity index (χ4n) is 4.89. The number of hydrogen-bond donors (Lipinski definition) is 0. The molecular formula is C24H20ClF3N3O4-. The monoisotopic (exact) mass is 506 g/mol. The molecule has 35 heavy (non-hydrogen) atoms. The maximum atomic E-state index is 13.1. The predicted octanol–water partition coefficient (Wildman–Crippen LogP) is 3.85. The number of aromatic nitrogens is 2. The van der Waals surface area contributed by atoms with E-state index < -0.39 is 18.5 Å². The Labute approximate surface area is 203 Å². The first-order valence-electron chi connectivity index (χ1n) is 11.0. The standard InChI is InChI=1S/C24H21ClF3N3O4/c25-16-7-5-14(6-8-16)22-17-11-15(20-13-34-10-9-30(20)23(32)33)12-18(17)29-31(22)19-3-1-2-4-21(19)35-24(26,27)28/h1-8,15,20H,9-13H2,(H,32,33)/p-1. The number of morpholine rings is 1. The van der Waals surface area contributed by atoms with Gasteiger partial charge in [-0.1, -0.05) is 35.9 Å². The van der Waals surface area contributed by atoms with E-state index in [9.17, 15) is 23.1 Å². The molecule has 1 aromatic heterocycles. The number of carbonyl (C=O) groups excluding carboxylic acids is 1. The molecular weight excluding hydrogens is 487 g/mol. The minimum atomic E-state index is -4.87. The van der Waals surface area contributed by atoms with Gasteiger partial charge in [-0.3, -0.25) is 0 Å². The summed E-state index contributed by atoms with van der Waals surface area (Å²) in [5.41, 5.74) is 2.98. The molecule has 0 N–H and O–H groups in total. The summed E-state index contributed by atoms with van der Waals surface area (Å²) in [4.78, 5) is 13.0. The van der Waals surface area contributed by atoms with Gasteiger partial charge >= 0.3 is 6.36 Å². The lowest BCUT2D eigenvalue weighted by Crippen LogP contribution is -2.56. The van der Waals surface area contributed by atoms with E-state index in [1.807, 2.05) is 0 Å². The Kier molecular flexibility index (Phi) is 6.10. The molecule has 7 nitrogen and oxygen atoms in total. The Morgan fingerprint density at radius 1 is 1.14 bits per heavy atom. The van der Waals surface area contributed by atoms with E-state index in [1.54, 1.807) is 30.3 Å². The molecule has 1 aliphatic heterocycles. The van der Waals surface area contributed by atoms with Crippen molar-refractivity contribution in [2.75, 3.05) is 19.8 Å². The van der Waals surface area contributed by atoms with E-state index in [4.69, 9.17) is 16.3 Å². The summed E-state index contributed by atoms with van der Waals surface area (Å²) in [5.74, 6) is -0.482. The molecule has 0 bridgehead atoms. The summed E-state index contributed by atoms with van der Waals surface area (Å²) in [6, 6.07) is 12.3. The number of para-hydroxylation sites is 2. The maximum Gasteiger partial charge on any atom is 0.573 e. The van der Waals surface area contributed by atoms with Crippen LogP contribution in [0.25, 0.3) is 16.9 Å². The van der Waals surface area contributed by atoms with Crippen LogP contribution in [0.3, 0.4) is 0 Å². The largest absolute Gasteiger partial charge is 0.573 e. The molecule has 3 aromatic rings. The van der Waals surface area contributed by atoms with Gasteiger partial charge in [0.1, 0.15) is 11.8 Å². The van der Waals surface area contributed by atoms with Crippen molar-refractivity contribution in [2.45, 2.75) is 25.2 Å². The van der Waals surface area contributed by atoms with Crippen molar-refractivity contribution < 1.29 is 32.5 Å². The fraction of sp³-hybridized carbons (Fsp3) is 0.333. The van der Waals surface area contributed by atoms with Gasteiger partial charge in [0.25, 0.3) is 0 Å². The highest BCUT2D eigenvalue weighted by Gasteiger charge is 2.39. The Morgan fingerprint density at radius 2 is 1.89 bits per heavy atom. The molecule has 1 amide bonds. The van der Waals surface area contributed by atoms with Crippen LogP contribution in [0.4, 0.5) is 18.0 Å². The zero-order valence-corrected chi connectivity index (χ0v) is 19.1. The van der Waals surface area contributed by atoms with Crippen LogP contribution < -0.4 is 9.84 Å². The van der Waals surface area contributed by atoms with Crippen LogP contribution in [0.1, 0.15) is 11.3 Å². The van der Waals surface area contributed by atoms with Gasteiger partial charge in [0.2, 0.25) is 0 Å². The molecule has 2 unspecified atom stereocenters. The van der Waals surface area contributed by atoms with Gasteiger partial charge in [-0.2, -0.15) is 5.10 Å². The zero-order chi connectivity index (χ0) is 24.7. The topological polar surface area (TPSA) is 79.6 Å². The number of carboxylic acid groups (broad SMARTS) is 1. The van der Waals surface area contributed by atoms with Gasteiger partial charge in [-0.15, -0.1) is 13.2 Å². The van der Waals surface area contributed by atoms with Gasteiger partial charge in [0, 0.05) is 22.7 Å². The molecule has 2 aromatic carbocycles. The van der Waals surface area contributed by atoms with Crippen LogP contribution >= 0.6 is 11.6 Å². The van der Waals surface area contributed by atoms with Crippen molar-refractivity contribution in [1.29, 1.82) is 0 Å². The number of ether oxygens (including phenoxy) is 2. The van der Waals surface area contributed by atoms with Crippen LogP contribution in [-0.4, -0.2) is 52.9 Å². The number of halogens is 4. The third kappa shape index (κ3) is 4.68. The summed E-state index contributed by atoms with van der Waals surface area (Å²) < 4.78 is 50.5. The third-order valence-corrected chi connectivity index (χ3v) is 6.62. The van der Waals surface area contributed by atoms with Gasteiger partial charge in [-0.05, 0) is 43.0 Å². The first-order chi connectivity index (χ1) is 16.7. The highest BCUT2D eigenvalue weighted by molar-refractivity contribution is 6.30. The number of rotatable bonds is 4. The fourth-order valence-corrected chi connectivity index (χ4v) is 5.02. The normalized spacial score (nSPS) is 20.1. The lowest BCUT2D eigenvalue weighted by Gasteiger charge is -2.40. The molecule has 1 aliphatic carbocycles. The molecule has 2 aliphatic rings. The quantitative estimate of drug-likeness (QED) is 0.537. The second-order valence-corrected chi connectivity index (χ2v) is 8.91. The van der Waals surface area contributed by atoms with Crippen molar-refractivity contribution in [2.24, 2.45) is 5.92 Å². The van der Waals surface area contributed by atoms with E-state index >= 15 is 0 Å². The zero-order valence-electron chi connectivity index (χ0n) is 18.3. The molecule has 1 fully saturated rings. The summed E-state index contributed by atoms with van der Waals surface area (Å²) in [5, 5.41) is 16.9. The van der Waals surface area contributed by atoms with Crippen LogP contribution in [0.2, 0.25) is 5.02 Å². The molecule has 1 saturated heterocycles. The molecule has 0 radical (unpaired) electrons. The Hall–Kier alpha value is -3.24. The van der Waals surface area contributed by atoms with Gasteiger partial charge in [0.05, 0.1) is 30.6 Å². The van der Waals surface area contributed by atoms with E-state index in [0.717, 1.165) is 5.56 Å². The predicted molar refractivity (Wildman–Crippen MR) is 118 cm³/mol. The maximum absolute atomic E-state index is 13.1. The van der Waals surface area contributed by atoms with Crippen molar-refractivity contribution in [3.05, 3.63) is 64.8 Å². The van der Waals surface area contributed by atoms with Crippen molar-refractivity contribution in [3.63, 3.8) is 0 Å². The number of amides is 1. The van der Waals surface area contributed by atoms with E-state index in [-0.39, 0.29) is 30.5 Å². The third-order valence-electron chi connectivity index (χ3n) is 6.37. The van der Waals surface area contributed by atoms with Crippen molar-refractivity contribution in [3.8, 4) is 22.7 Å². The Morgan fingerprint density at radius 3 is 2.60 bits per heavy atom. The van der Waals surface area contributed by atoms with Crippen LogP contribution in [0.15, 0.2) is 48.5 Å². The van der Waals surface area contributed by atoms with Crippen LogP contribution in [0.5, 0.6) is 5.75 Å². The second kappa shape index (κ2) is 9.09. The van der Waals surface area contributed by atoms with E-state index in [0.29, 0.717) is 41.4 Å². The van der Waals surface area contributed by atoms with Gasteiger partial charge in [0.15, 0.2) is 5.75 Å². The highest BCUT2D eigenvalue weighted by Crippen LogP contribution is 2.41. The molecule has 2 heterocycles. The first-order valence-corrected chi connectivity index (χ1v) is 11.4. The molecule has 11 heteroatoms. The highest BCUT2D eigenvalue weighted by atomic mass is 35.5. The molecule has 0 saturated carbocycles. The SMILES string of the molecule is O=C([O-])N1CCOCC1C1Cc2nn(-c3ccccc3OC(F)(F)F)c(-c3ccc(Cl)cc3)c2C1. The number of benzene rings is 2. The average Bonchev–Trinajstić information content (AvgIpc) is 3.37. The minimum absolute atomic E-state index is 0.104. The van der Waals surface area contributed by atoms with Gasteiger partial charge < -0.3 is 24.3 Å². The lowest BCUT2D eigenvalue weighted by atomic mass is 9.94. The summed E-state index contributed by atoms with van der Waals surface area (Å²) in [6.07, 6.45) is -5.19. The molecule has 5 rings (SSSR count). The number of alkyl halides is 3. The number of carbonyl (C=O) groups is 1. The molecule has 2 atom stereocenters. The van der Waals surface area contributed by atoms with Gasteiger partial charge in [-0.25, -0.2) is 4.68 Å². The average molecular weight is 507 g/mol. The second-order valence-electron chi connectivity index (χ2n) is 8.48. The minimum Gasteiger partial charge on any atom is -0.530 e. The summed E-state index contributed by atoms with van der Waals surface area (Å²) >= 11 is 6.07. The van der Waals surface area contributed by atoms with Crippen LogP contribution in [0, 0.1) is 5.92 Å². The molecule has 184 valence electrons. The van der Waals surface area contributed by atoms with E-state index in [1.165, 1.54) is 27.8 Å². The number of nitrogens with zero attached hydrogens (tertiary/aromatic N) is 3. The number of fused-ring (bicyclic) bond motifs is 1. The summed E-state index contributed by atoms with van der Waals surface area (Å²) in [7, 11) is 0. The molecule has 0 spiro atoms. The first kappa shape index (κ1) is 23.5. The lowest BCUT2D eigenvalue weighted by molar-refractivity contribution is -0.275. The van der Waals surface area contributed by atoms with E-state index in [2.05, 4.69) is 9.84 Å². The van der Waals surface area contributed by atoms with Crippen molar-refractivity contribution in [1.82, 2.24) is 14.7 Å². The smallest absolute Gasteiger partial charge is 0.530 e.